The maximum atomic E-state index is 11.9. The molecule has 0 spiro atoms. The number of nitrogens with one attached hydrogen (secondary N) is 2. The Morgan fingerprint density at radius 3 is 2.48 bits per heavy atom. The van der Waals surface area contributed by atoms with Crippen LogP contribution in [0.15, 0.2) is 29.2 Å². The van der Waals surface area contributed by atoms with Gasteiger partial charge in [-0.1, -0.05) is 6.92 Å². The summed E-state index contributed by atoms with van der Waals surface area (Å²) in [5.74, 6) is -0.00321. The molecule has 1 aromatic carbocycles. The van der Waals surface area contributed by atoms with E-state index in [1.54, 1.807) is 31.4 Å². The van der Waals surface area contributed by atoms with Crippen LogP contribution in [-0.4, -0.2) is 46.9 Å². The van der Waals surface area contributed by atoms with Crippen molar-refractivity contribution in [2.75, 3.05) is 37.9 Å². The highest BCUT2D eigenvalue weighted by Crippen LogP contribution is 2.15. The third-order valence-corrected chi connectivity index (χ3v) is 4.70. The zero-order valence-corrected chi connectivity index (χ0v) is 13.2. The van der Waals surface area contributed by atoms with Crippen LogP contribution in [0.3, 0.4) is 0 Å². The molecule has 0 saturated carbocycles. The largest absolute Gasteiger partial charge is 0.383 e. The quantitative estimate of drug-likeness (QED) is 0.665. The van der Waals surface area contributed by atoms with Gasteiger partial charge in [0, 0.05) is 19.3 Å². The van der Waals surface area contributed by atoms with Gasteiger partial charge in [0.25, 0.3) is 0 Å². The molecule has 0 fully saturated rings. The third-order valence-electron chi connectivity index (χ3n) is 2.77. The minimum atomic E-state index is -3.19. The lowest BCUT2D eigenvalue weighted by atomic mass is 10.3. The second kappa shape index (κ2) is 8.63. The molecule has 7 heteroatoms. The number of ether oxygens (including phenoxy) is 1. The Kier molecular flexibility index (Phi) is 7.18. The fourth-order valence-electron chi connectivity index (χ4n) is 1.70. The number of rotatable bonds is 9. The maximum Gasteiger partial charge on any atom is 0.239 e. The Balaban J connectivity index is 2.50. The molecule has 0 aliphatic rings. The van der Waals surface area contributed by atoms with Crippen LogP contribution in [0.2, 0.25) is 0 Å². The molecule has 1 aromatic rings. The molecule has 118 valence electrons. The van der Waals surface area contributed by atoms with Crippen molar-refractivity contribution in [3.63, 3.8) is 0 Å². The van der Waals surface area contributed by atoms with E-state index in [-0.39, 0.29) is 18.2 Å². The molecule has 0 heterocycles. The number of benzene rings is 1. The van der Waals surface area contributed by atoms with Gasteiger partial charge in [-0.3, -0.25) is 4.79 Å². The van der Waals surface area contributed by atoms with Crippen molar-refractivity contribution in [2.45, 2.75) is 18.2 Å². The van der Waals surface area contributed by atoms with Crippen LogP contribution >= 0.6 is 0 Å². The molecule has 0 bridgehead atoms. The fourth-order valence-corrected chi connectivity index (χ4v) is 3.03. The molecule has 2 N–H and O–H groups in total. The van der Waals surface area contributed by atoms with Crippen molar-refractivity contribution >= 4 is 21.4 Å². The molecule has 0 aromatic heterocycles. The van der Waals surface area contributed by atoms with E-state index in [0.717, 1.165) is 0 Å². The lowest BCUT2D eigenvalue weighted by Crippen LogP contribution is -2.32. The first-order chi connectivity index (χ1) is 9.99. The van der Waals surface area contributed by atoms with E-state index >= 15 is 0 Å². The van der Waals surface area contributed by atoms with E-state index in [4.69, 9.17) is 4.74 Å². The number of hydrogen-bond donors (Lipinski definition) is 2. The number of carbonyl (C=O) groups is 1. The van der Waals surface area contributed by atoms with Crippen molar-refractivity contribution in [2.24, 2.45) is 0 Å². The minimum absolute atomic E-state index is 0.130. The lowest BCUT2D eigenvalue weighted by Gasteiger charge is -2.08. The number of methoxy groups -OCH3 is 1. The van der Waals surface area contributed by atoms with Gasteiger partial charge in [0.05, 0.1) is 23.8 Å². The summed E-state index contributed by atoms with van der Waals surface area (Å²) >= 11 is 0. The van der Waals surface area contributed by atoms with Crippen LogP contribution in [0.25, 0.3) is 0 Å². The standard InChI is InChI=1S/C14H22N2O4S/c1-3-10-21(18,19)13-6-4-12(5-7-13)16-11-14(17)15-8-9-20-2/h4-7,16H,3,8-11H2,1-2H3,(H,15,17). The summed E-state index contributed by atoms with van der Waals surface area (Å²) < 4.78 is 28.5. The summed E-state index contributed by atoms with van der Waals surface area (Å²) in [7, 11) is -1.63. The maximum absolute atomic E-state index is 11.9. The number of amides is 1. The van der Waals surface area contributed by atoms with Gasteiger partial charge in [-0.05, 0) is 30.7 Å². The van der Waals surface area contributed by atoms with Gasteiger partial charge in [-0.25, -0.2) is 8.42 Å². The van der Waals surface area contributed by atoms with Gasteiger partial charge in [0.1, 0.15) is 0 Å². The van der Waals surface area contributed by atoms with Crippen LogP contribution in [-0.2, 0) is 19.4 Å². The SMILES string of the molecule is CCCS(=O)(=O)c1ccc(NCC(=O)NCCOC)cc1. The summed E-state index contributed by atoms with van der Waals surface area (Å²) in [6.45, 7) is 2.89. The summed E-state index contributed by atoms with van der Waals surface area (Å²) in [5, 5.41) is 5.62. The van der Waals surface area contributed by atoms with Crippen molar-refractivity contribution in [1.82, 2.24) is 5.32 Å². The van der Waals surface area contributed by atoms with Crippen LogP contribution < -0.4 is 10.6 Å². The number of anilines is 1. The molecule has 0 aliphatic carbocycles. The first-order valence-electron chi connectivity index (χ1n) is 6.82. The molecule has 1 amide bonds. The Morgan fingerprint density at radius 2 is 1.90 bits per heavy atom. The summed E-state index contributed by atoms with van der Waals surface area (Å²) in [5.41, 5.74) is 0.701. The summed E-state index contributed by atoms with van der Waals surface area (Å²) in [6, 6.07) is 6.42. The van der Waals surface area contributed by atoms with E-state index in [9.17, 15) is 13.2 Å². The van der Waals surface area contributed by atoms with Crippen LogP contribution in [0.1, 0.15) is 13.3 Å². The summed E-state index contributed by atoms with van der Waals surface area (Å²) in [6.07, 6.45) is 0.587. The average Bonchev–Trinajstić information content (AvgIpc) is 2.46. The highest BCUT2D eigenvalue weighted by Gasteiger charge is 2.12. The van der Waals surface area contributed by atoms with E-state index < -0.39 is 9.84 Å². The molecule has 6 nitrogen and oxygen atoms in total. The van der Waals surface area contributed by atoms with Gasteiger partial charge in [0.15, 0.2) is 9.84 Å². The number of hydrogen-bond acceptors (Lipinski definition) is 5. The number of carbonyl (C=O) groups excluding carboxylic acids is 1. The molecular formula is C14H22N2O4S. The zero-order chi connectivity index (χ0) is 15.7. The highest BCUT2D eigenvalue weighted by atomic mass is 32.2. The third kappa shape index (κ3) is 6.14. The van der Waals surface area contributed by atoms with Crippen LogP contribution in [0, 0.1) is 0 Å². The first kappa shape index (κ1) is 17.5. The Labute approximate surface area is 125 Å². The lowest BCUT2D eigenvalue weighted by molar-refractivity contribution is -0.119. The Hall–Kier alpha value is -1.60. The zero-order valence-electron chi connectivity index (χ0n) is 12.4. The monoisotopic (exact) mass is 314 g/mol. The predicted octanol–water partition coefficient (Wildman–Crippen LogP) is 1.04. The average molecular weight is 314 g/mol. The second-order valence-electron chi connectivity index (χ2n) is 4.54. The van der Waals surface area contributed by atoms with E-state index in [1.165, 1.54) is 0 Å². The molecule has 0 saturated heterocycles. The fraction of sp³-hybridized carbons (Fsp3) is 0.500. The summed E-state index contributed by atoms with van der Waals surface area (Å²) in [4.78, 5) is 11.8. The van der Waals surface area contributed by atoms with Crippen molar-refractivity contribution in [3.05, 3.63) is 24.3 Å². The molecule has 0 radical (unpaired) electrons. The minimum Gasteiger partial charge on any atom is -0.383 e. The second-order valence-corrected chi connectivity index (χ2v) is 6.65. The highest BCUT2D eigenvalue weighted by molar-refractivity contribution is 7.91. The molecule has 0 atom stereocenters. The Morgan fingerprint density at radius 1 is 1.24 bits per heavy atom. The normalized spacial score (nSPS) is 11.1. The van der Waals surface area contributed by atoms with Crippen molar-refractivity contribution in [3.8, 4) is 0 Å². The molecule has 0 aliphatic heterocycles. The van der Waals surface area contributed by atoms with Crippen molar-refractivity contribution in [1.29, 1.82) is 0 Å². The van der Waals surface area contributed by atoms with Crippen LogP contribution in [0.5, 0.6) is 0 Å². The van der Waals surface area contributed by atoms with Gasteiger partial charge < -0.3 is 15.4 Å². The first-order valence-corrected chi connectivity index (χ1v) is 8.47. The topological polar surface area (TPSA) is 84.5 Å². The number of sulfone groups is 1. The van der Waals surface area contributed by atoms with Gasteiger partial charge >= 0.3 is 0 Å². The van der Waals surface area contributed by atoms with Crippen molar-refractivity contribution < 1.29 is 17.9 Å². The van der Waals surface area contributed by atoms with Gasteiger partial charge in [0.2, 0.25) is 5.91 Å². The predicted molar refractivity (Wildman–Crippen MR) is 82.2 cm³/mol. The van der Waals surface area contributed by atoms with Gasteiger partial charge in [-0.2, -0.15) is 0 Å². The van der Waals surface area contributed by atoms with E-state index in [0.29, 0.717) is 30.2 Å². The molecule has 0 unspecified atom stereocenters. The Bertz CT molecular complexity index is 541. The molecule has 21 heavy (non-hydrogen) atoms. The van der Waals surface area contributed by atoms with Crippen LogP contribution in [0.4, 0.5) is 5.69 Å². The smallest absolute Gasteiger partial charge is 0.239 e. The van der Waals surface area contributed by atoms with E-state index in [1.807, 2.05) is 6.92 Å². The van der Waals surface area contributed by atoms with Gasteiger partial charge in [-0.15, -0.1) is 0 Å². The molecule has 1 rings (SSSR count). The molecular weight excluding hydrogens is 292 g/mol. The van der Waals surface area contributed by atoms with E-state index in [2.05, 4.69) is 10.6 Å².